The van der Waals surface area contributed by atoms with E-state index < -0.39 is 0 Å². The molecule has 1 N–H and O–H groups in total. The van der Waals surface area contributed by atoms with Crippen molar-refractivity contribution in [2.24, 2.45) is 0 Å². The molecule has 1 saturated heterocycles. The summed E-state index contributed by atoms with van der Waals surface area (Å²) in [7, 11) is 0. The average Bonchev–Trinajstić information content (AvgIpc) is 3.12. The third-order valence-corrected chi connectivity index (χ3v) is 4.92. The zero-order chi connectivity index (χ0) is 13.9. The zero-order valence-corrected chi connectivity index (χ0v) is 12.4. The summed E-state index contributed by atoms with van der Waals surface area (Å²) < 4.78 is 1.20. The molecule has 2 heterocycles. The molecule has 106 valence electrons. The summed E-state index contributed by atoms with van der Waals surface area (Å²) in [4.78, 5) is 18.6. The van der Waals surface area contributed by atoms with E-state index in [9.17, 15) is 4.79 Å². The van der Waals surface area contributed by atoms with E-state index in [-0.39, 0.29) is 11.9 Å². The topological polar surface area (TPSA) is 45.2 Å². The van der Waals surface area contributed by atoms with Crippen LogP contribution in [0.2, 0.25) is 0 Å². The highest BCUT2D eigenvalue weighted by Crippen LogP contribution is 2.25. The lowest BCUT2D eigenvalue weighted by atomic mass is 10.3. The predicted octanol–water partition coefficient (Wildman–Crippen LogP) is 2.57. The highest BCUT2D eigenvalue weighted by molar-refractivity contribution is 7.18. The maximum absolute atomic E-state index is 12.0. The standard InChI is InChI=1S/C15H19N3OS/c1-11(16-10-14(19)18-8-4-5-9-18)15-17-12-6-2-3-7-13(12)20-15/h2-3,6-7,11,16H,4-5,8-10H2,1H3. The lowest BCUT2D eigenvalue weighted by molar-refractivity contribution is -0.129. The Labute approximate surface area is 122 Å². The van der Waals surface area contributed by atoms with E-state index in [4.69, 9.17) is 0 Å². The van der Waals surface area contributed by atoms with Crippen LogP contribution in [0.25, 0.3) is 10.2 Å². The molecule has 5 heteroatoms. The first-order valence-electron chi connectivity index (χ1n) is 7.10. The predicted molar refractivity (Wildman–Crippen MR) is 81.9 cm³/mol. The highest BCUT2D eigenvalue weighted by atomic mass is 32.1. The van der Waals surface area contributed by atoms with Crippen LogP contribution in [0.3, 0.4) is 0 Å². The minimum absolute atomic E-state index is 0.110. The molecule has 1 unspecified atom stereocenters. The van der Waals surface area contributed by atoms with Gasteiger partial charge >= 0.3 is 0 Å². The Bertz CT molecular complexity index is 571. The van der Waals surface area contributed by atoms with E-state index in [1.807, 2.05) is 23.1 Å². The lowest BCUT2D eigenvalue weighted by Crippen LogP contribution is -2.37. The Morgan fingerprint density at radius 2 is 2.15 bits per heavy atom. The van der Waals surface area contributed by atoms with E-state index in [0.29, 0.717) is 6.54 Å². The van der Waals surface area contributed by atoms with Crippen molar-refractivity contribution in [3.63, 3.8) is 0 Å². The molecular weight excluding hydrogens is 270 g/mol. The van der Waals surface area contributed by atoms with Gasteiger partial charge in [0.2, 0.25) is 5.91 Å². The van der Waals surface area contributed by atoms with Gasteiger partial charge in [0.15, 0.2) is 0 Å². The Morgan fingerprint density at radius 1 is 1.40 bits per heavy atom. The van der Waals surface area contributed by atoms with Gasteiger partial charge in [-0.15, -0.1) is 11.3 Å². The number of benzene rings is 1. The van der Waals surface area contributed by atoms with Crippen molar-refractivity contribution < 1.29 is 4.79 Å². The van der Waals surface area contributed by atoms with Crippen LogP contribution in [0.1, 0.15) is 30.8 Å². The Kier molecular flexibility index (Phi) is 3.98. The number of aromatic nitrogens is 1. The van der Waals surface area contributed by atoms with Crippen molar-refractivity contribution >= 4 is 27.5 Å². The number of carbonyl (C=O) groups excluding carboxylic acids is 1. The first-order valence-corrected chi connectivity index (χ1v) is 7.92. The fourth-order valence-corrected chi connectivity index (χ4v) is 3.48. The number of para-hydroxylation sites is 1. The molecule has 1 aromatic heterocycles. The van der Waals surface area contributed by atoms with Gasteiger partial charge in [-0.2, -0.15) is 0 Å². The van der Waals surface area contributed by atoms with Crippen LogP contribution >= 0.6 is 11.3 Å². The number of nitrogens with one attached hydrogen (secondary N) is 1. The van der Waals surface area contributed by atoms with Gasteiger partial charge in [0, 0.05) is 13.1 Å². The smallest absolute Gasteiger partial charge is 0.236 e. The summed E-state index contributed by atoms with van der Waals surface area (Å²) in [6, 6.07) is 8.25. The number of fused-ring (bicyclic) bond motifs is 1. The van der Waals surface area contributed by atoms with Crippen LogP contribution in [0.5, 0.6) is 0 Å². The largest absolute Gasteiger partial charge is 0.342 e. The molecule has 20 heavy (non-hydrogen) atoms. The van der Waals surface area contributed by atoms with Crippen LogP contribution in [-0.4, -0.2) is 35.4 Å². The minimum Gasteiger partial charge on any atom is -0.342 e. The van der Waals surface area contributed by atoms with Gasteiger partial charge in [0.05, 0.1) is 22.8 Å². The van der Waals surface area contributed by atoms with Crippen molar-refractivity contribution in [2.75, 3.05) is 19.6 Å². The fraction of sp³-hybridized carbons (Fsp3) is 0.467. The number of carbonyl (C=O) groups is 1. The minimum atomic E-state index is 0.110. The van der Waals surface area contributed by atoms with Crippen molar-refractivity contribution in [3.8, 4) is 0 Å². The molecule has 1 atom stereocenters. The maximum Gasteiger partial charge on any atom is 0.236 e. The van der Waals surface area contributed by atoms with E-state index in [0.717, 1.165) is 36.5 Å². The highest BCUT2D eigenvalue weighted by Gasteiger charge is 2.19. The summed E-state index contributed by atoms with van der Waals surface area (Å²) in [6.45, 7) is 4.29. The Hall–Kier alpha value is -1.46. The normalized spacial score (nSPS) is 16.8. The lowest BCUT2D eigenvalue weighted by Gasteiger charge is -2.17. The SMILES string of the molecule is CC(NCC(=O)N1CCCC1)c1nc2ccccc2s1. The first-order chi connectivity index (χ1) is 9.74. The average molecular weight is 289 g/mol. The number of amides is 1. The van der Waals surface area contributed by atoms with E-state index in [2.05, 4.69) is 23.3 Å². The molecule has 1 aliphatic rings. The third-order valence-electron chi connectivity index (χ3n) is 3.70. The fourth-order valence-electron chi connectivity index (χ4n) is 2.48. The second-order valence-corrected chi connectivity index (χ2v) is 6.27. The van der Waals surface area contributed by atoms with Crippen molar-refractivity contribution in [2.45, 2.75) is 25.8 Å². The summed E-state index contributed by atoms with van der Waals surface area (Å²) in [6.07, 6.45) is 2.28. The van der Waals surface area contributed by atoms with Crippen molar-refractivity contribution in [1.29, 1.82) is 0 Å². The molecule has 0 radical (unpaired) electrons. The van der Waals surface area contributed by atoms with E-state index >= 15 is 0 Å². The summed E-state index contributed by atoms with van der Waals surface area (Å²) in [5.74, 6) is 0.204. The van der Waals surface area contributed by atoms with Crippen LogP contribution in [0, 0.1) is 0 Å². The molecule has 0 aliphatic carbocycles. The first kappa shape index (κ1) is 13.5. The van der Waals surface area contributed by atoms with Gasteiger partial charge in [-0.1, -0.05) is 12.1 Å². The Morgan fingerprint density at radius 3 is 2.90 bits per heavy atom. The molecule has 0 spiro atoms. The number of thiazole rings is 1. The Balaban J connectivity index is 1.60. The van der Waals surface area contributed by atoms with Gasteiger partial charge in [-0.05, 0) is 31.9 Å². The number of rotatable bonds is 4. The van der Waals surface area contributed by atoms with E-state index in [1.54, 1.807) is 11.3 Å². The summed E-state index contributed by atoms with van der Waals surface area (Å²) in [5.41, 5.74) is 1.03. The summed E-state index contributed by atoms with van der Waals surface area (Å²) in [5, 5.41) is 4.34. The second-order valence-electron chi connectivity index (χ2n) is 5.21. The number of nitrogens with zero attached hydrogens (tertiary/aromatic N) is 2. The second kappa shape index (κ2) is 5.89. The molecule has 1 amide bonds. The van der Waals surface area contributed by atoms with Crippen molar-refractivity contribution in [3.05, 3.63) is 29.3 Å². The molecule has 1 aromatic carbocycles. The van der Waals surface area contributed by atoms with Crippen LogP contribution in [-0.2, 0) is 4.79 Å². The maximum atomic E-state index is 12.0. The van der Waals surface area contributed by atoms with Gasteiger partial charge in [0.1, 0.15) is 5.01 Å². The third kappa shape index (κ3) is 2.83. The van der Waals surface area contributed by atoms with Crippen LogP contribution < -0.4 is 5.32 Å². The van der Waals surface area contributed by atoms with Gasteiger partial charge < -0.3 is 4.90 Å². The van der Waals surface area contributed by atoms with Gasteiger partial charge in [-0.25, -0.2) is 4.98 Å². The molecule has 0 bridgehead atoms. The molecule has 2 aromatic rings. The number of hydrogen-bond acceptors (Lipinski definition) is 4. The van der Waals surface area contributed by atoms with E-state index in [1.165, 1.54) is 4.70 Å². The summed E-state index contributed by atoms with van der Waals surface area (Å²) >= 11 is 1.69. The van der Waals surface area contributed by atoms with Gasteiger partial charge in [0.25, 0.3) is 0 Å². The molecule has 0 saturated carbocycles. The van der Waals surface area contributed by atoms with Crippen LogP contribution in [0.15, 0.2) is 24.3 Å². The molecule has 3 rings (SSSR count). The molecular formula is C15H19N3OS. The monoisotopic (exact) mass is 289 g/mol. The number of likely N-dealkylation sites (tertiary alicyclic amines) is 1. The van der Waals surface area contributed by atoms with Crippen molar-refractivity contribution in [1.82, 2.24) is 15.2 Å². The quantitative estimate of drug-likeness (QED) is 0.941. The number of hydrogen-bond donors (Lipinski definition) is 1. The molecule has 1 aliphatic heterocycles. The molecule has 1 fully saturated rings. The van der Waals surface area contributed by atoms with Gasteiger partial charge in [-0.3, -0.25) is 10.1 Å². The molecule has 4 nitrogen and oxygen atoms in total. The van der Waals surface area contributed by atoms with Crippen LogP contribution in [0.4, 0.5) is 0 Å². The zero-order valence-electron chi connectivity index (χ0n) is 11.6.